The van der Waals surface area contributed by atoms with Gasteiger partial charge in [-0.15, -0.1) is 0 Å². The van der Waals surface area contributed by atoms with E-state index in [1.165, 1.54) is 6.92 Å². The number of piperidine rings is 1. The lowest BCUT2D eigenvalue weighted by Crippen LogP contribution is -2.57. The van der Waals surface area contributed by atoms with Crippen LogP contribution in [0.1, 0.15) is 66.4 Å². The number of carboxylic acids is 1. The highest BCUT2D eigenvalue weighted by Crippen LogP contribution is 2.36. The molecular weight excluding hydrogens is 450 g/mol. The molecular formula is C26H39N3O6. The van der Waals surface area contributed by atoms with E-state index < -0.39 is 41.1 Å². The monoisotopic (exact) mass is 489 g/mol. The van der Waals surface area contributed by atoms with E-state index in [4.69, 9.17) is 4.74 Å². The lowest BCUT2D eigenvalue weighted by atomic mass is 9.72. The van der Waals surface area contributed by atoms with Crippen LogP contribution in [0.3, 0.4) is 0 Å². The van der Waals surface area contributed by atoms with Crippen molar-refractivity contribution in [3.63, 3.8) is 0 Å². The van der Waals surface area contributed by atoms with Gasteiger partial charge >= 0.3 is 12.1 Å². The van der Waals surface area contributed by atoms with Gasteiger partial charge in [-0.3, -0.25) is 9.59 Å². The Morgan fingerprint density at radius 3 is 2.09 bits per heavy atom. The molecule has 1 fully saturated rings. The van der Waals surface area contributed by atoms with Gasteiger partial charge in [-0.05, 0) is 58.4 Å². The van der Waals surface area contributed by atoms with Crippen molar-refractivity contribution in [2.45, 2.75) is 83.9 Å². The zero-order valence-corrected chi connectivity index (χ0v) is 21.6. The molecule has 35 heavy (non-hydrogen) atoms. The van der Waals surface area contributed by atoms with Crippen molar-refractivity contribution in [2.75, 3.05) is 13.1 Å². The van der Waals surface area contributed by atoms with Crippen molar-refractivity contribution in [2.24, 2.45) is 5.92 Å². The van der Waals surface area contributed by atoms with Gasteiger partial charge in [0.1, 0.15) is 17.7 Å². The van der Waals surface area contributed by atoms with E-state index in [0.29, 0.717) is 25.9 Å². The number of aliphatic carboxylic acids is 1. The summed E-state index contributed by atoms with van der Waals surface area (Å²) in [4.78, 5) is 52.0. The number of rotatable bonds is 8. The quantitative estimate of drug-likeness (QED) is 0.515. The second-order valence-electron chi connectivity index (χ2n) is 10.6. The smallest absolute Gasteiger partial charge is 0.410 e. The predicted octanol–water partition coefficient (Wildman–Crippen LogP) is 3.08. The van der Waals surface area contributed by atoms with Crippen LogP contribution >= 0.6 is 0 Å². The molecule has 0 spiro atoms. The minimum Gasteiger partial charge on any atom is -0.480 e. The number of ether oxygens (including phenoxy) is 1. The largest absolute Gasteiger partial charge is 0.480 e. The Balaban J connectivity index is 2.16. The third kappa shape index (κ3) is 7.70. The summed E-state index contributed by atoms with van der Waals surface area (Å²) in [5.41, 5.74) is -0.746. The Morgan fingerprint density at radius 1 is 1.03 bits per heavy atom. The summed E-state index contributed by atoms with van der Waals surface area (Å²) in [6, 6.07) is 7.35. The van der Waals surface area contributed by atoms with Crippen molar-refractivity contribution in [1.29, 1.82) is 0 Å². The number of nitrogens with zero attached hydrogens (tertiary/aromatic N) is 1. The number of carboxylic acid groups (broad SMARTS) is 1. The molecule has 9 nitrogen and oxygen atoms in total. The molecule has 0 bridgehead atoms. The van der Waals surface area contributed by atoms with Crippen LogP contribution in [0.4, 0.5) is 4.79 Å². The van der Waals surface area contributed by atoms with E-state index in [1.54, 1.807) is 25.7 Å². The molecule has 2 rings (SSSR count). The summed E-state index contributed by atoms with van der Waals surface area (Å²) in [6.07, 6.45) is 0.594. The molecule has 0 unspecified atom stereocenters. The molecule has 1 saturated heterocycles. The van der Waals surface area contributed by atoms with Crippen LogP contribution in [0.2, 0.25) is 0 Å². The number of benzene rings is 1. The third-order valence-corrected chi connectivity index (χ3v) is 6.09. The van der Waals surface area contributed by atoms with Gasteiger partial charge in [-0.1, -0.05) is 44.2 Å². The van der Waals surface area contributed by atoms with Crippen molar-refractivity contribution in [1.82, 2.24) is 15.5 Å². The van der Waals surface area contributed by atoms with E-state index >= 15 is 0 Å². The maximum absolute atomic E-state index is 13.6. The summed E-state index contributed by atoms with van der Waals surface area (Å²) in [7, 11) is 0. The van der Waals surface area contributed by atoms with E-state index in [0.717, 1.165) is 5.56 Å². The number of carbonyl (C=O) groups excluding carboxylic acids is 3. The molecule has 0 saturated carbocycles. The van der Waals surface area contributed by atoms with Gasteiger partial charge < -0.3 is 25.4 Å². The van der Waals surface area contributed by atoms with Crippen molar-refractivity contribution < 1.29 is 29.0 Å². The summed E-state index contributed by atoms with van der Waals surface area (Å²) in [5.74, 6) is -1.91. The Bertz CT molecular complexity index is 901. The third-order valence-electron chi connectivity index (χ3n) is 6.09. The van der Waals surface area contributed by atoms with E-state index in [9.17, 15) is 24.3 Å². The van der Waals surface area contributed by atoms with Crippen molar-refractivity contribution in [3.8, 4) is 0 Å². The van der Waals surface area contributed by atoms with Crippen LogP contribution in [-0.4, -0.2) is 64.7 Å². The van der Waals surface area contributed by atoms with Crippen LogP contribution in [0.15, 0.2) is 30.3 Å². The minimum absolute atomic E-state index is 0.0813. The maximum atomic E-state index is 13.6. The second kappa shape index (κ2) is 11.6. The van der Waals surface area contributed by atoms with Crippen molar-refractivity contribution >= 4 is 23.9 Å². The molecule has 0 radical (unpaired) electrons. The first-order chi connectivity index (χ1) is 16.2. The molecule has 1 aliphatic heterocycles. The number of likely N-dealkylation sites (tertiary alicyclic amines) is 1. The van der Waals surface area contributed by atoms with E-state index in [-0.39, 0.29) is 18.2 Å². The number of amides is 3. The number of carbonyl (C=O) groups is 4. The molecule has 194 valence electrons. The molecule has 3 N–H and O–H groups in total. The van der Waals surface area contributed by atoms with Crippen LogP contribution < -0.4 is 10.6 Å². The molecule has 0 aliphatic carbocycles. The fourth-order valence-corrected chi connectivity index (χ4v) is 4.19. The van der Waals surface area contributed by atoms with Crippen LogP contribution in [0, 0.1) is 5.92 Å². The zero-order valence-electron chi connectivity index (χ0n) is 21.6. The Kier molecular flexibility index (Phi) is 9.29. The van der Waals surface area contributed by atoms with Crippen molar-refractivity contribution in [3.05, 3.63) is 35.9 Å². The van der Waals surface area contributed by atoms with Gasteiger partial charge in [-0.25, -0.2) is 9.59 Å². The molecule has 9 heteroatoms. The molecule has 1 aromatic rings. The highest BCUT2D eigenvalue weighted by Gasteiger charge is 2.45. The van der Waals surface area contributed by atoms with Gasteiger partial charge in [0.25, 0.3) is 0 Å². The van der Waals surface area contributed by atoms with Gasteiger partial charge in [0, 0.05) is 13.1 Å². The van der Waals surface area contributed by atoms with Crippen LogP contribution in [-0.2, 0) is 24.5 Å². The Labute approximate surface area is 207 Å². The highest BCUT2D eigenvalue weighted by molar-refractivity contribution is 5.94. The summed E-state index contributed by atoms with van der Waals surface area (Å²) in [5, 5.41) is 14.7. The van der Waals surface area contributed by atoms with Crippen LogP contribution in [0.25, 0.3) is 0 Å². The SMILES string of the molecule is CC(C)C[C@H](NC(=O)[C@@H](C)NC(=O)C1(c2ccccc2)CCN(C(=O)OC(C)(C)C)CC1)C(=O)O. The molecule has 3 amide bonds. The topological polar surface area (TPSA) is 125 Å². The first-order valence-corrected chi connectivity index (χ1v) is 12.1. The second-order valence-corrected chi connectivity index (χ2v) is 10.6. The summed E-state index contributed by atoms with van der Waals surface area (Å²) < 4.78 is 5.48. The first-order valence-electron chi connectivity index (χ1n) is 12.1. The number of hydrogen-bond donors (Lipinski definition) is 3. The normalized spacial score (nSPS) is 17.3. The molecule has 0 aromatic heterocycles. The predicted molar refractivity (Wildman–Crippen MR) is 132 cm³/mol. The average Bonchev–Trinajstić information content (AvgIpc) is 2.77. The minimum atomic E-state index is -1.11. The maximum Gasteiger partial charge on any atom is 0.410 e. The van der Waals surface area contributed by atoms with Crippen LogP contribution in [0.5, 0.6) is 0 Å². The van der Waals surface area contributed by atoms with E-state index in [1.807, 2.05) is 44.2 Å². The zero-order chi connectivity index (χ0) is 26.4. The summed E-state index contributed by atoms with van der Waals surface area (Å²) in [6.45, 7) is 11.4. The highest BCUT2D eigenvalue weighted by atomic mass is 16.6. The summed E-state index contributed by atoms with van der Waals surface area (Å²) >= 11 is 0. The number of nitrogens with one attached hydrogen (secondary N) is 2. The van der Waals surface area contributed by atoms with E-state index in [2.05, 4.69) is 10.6 Å². The lowest BCUT2D eigenvalue weighted by molar-refractivity contribution is -0.142. The van der Waals surface area contributed by atoms with Gasteiger partial charge in [-0.2, -0.15) is 0 Å². The molecule has 2 atom stereocenters. The first kappa shape index (κ1) is 28.1. The Morgan fingerprint density at radius 2 is 1.60 bits per heavy atom. The molecule has 1 aliphatic rings. The average molecular weight is 490 g/mol. The number of hydrogen-bond acceptors (Lipinski definition) is 5. The Hall–Kier alpha value is -3.10. The van der Waals surface area contributed by atoms with Gasteiger partial charge in [0.15, 0.2) is 0 Å². The molecule has 1 aromatic carbocycles. The molecule has 1 heterocycles. The fourth-order valence-electron chi connectivity index (χ4n) is 4.19. The standard InChI is InChI=1S/C26H39N3O6/c1-17(2)16-20(22(31)32)28-21(30)18(3)27-23(33)26(19-10-8-7-9-11-19)12-14-29(15-13-26)24(34)35-25(4,5)6/h7-11,17-18,20H,12-16H2,1-6H3,(H,27,33)(H,28,30)(H,31,32)/t18-,20+/m1/s1. The lowest BCUT2D eigenvalue weighted by Gasteiger charge is -2.41. The van der Waals surface area contributed by atoms with Gasteiger partial charge in [0.2, 0.25) is 11.8 Å². The van der Waals surface area contributed by atoms with Gasteiger partial charge in [0.05, 0.1) is 5.41 Å². The fraction of sp³-hybridized carbons (Fsp3) is 0.615.